The second-order valence-electron chi connectivity index (χ2n) is 6.72. The van der Waals surface area contributed by atoms with E-state index >= 15 is 0 Å². The zero-order chi connectivity index (χ0) is 18.8. The number of hydrogen-bond acceptors (Lipinski definition) is 7. The molecule has 1 aliphatic rings. The van der Waals surface area contributed by atoms with Gasteiger partial charge in [0.15, 0.2) is 11.5 Å². The van der Waals surface area contributed by atoms with E-state index in [9.17, 15) is 0 Å². The van der Waals surface area contributed by atoms with E-state index in [1.807, 2.05) is 37.3 Å². The first-order chi connectivity index (χ1) is 13.2. The quantitative estimate of drug-likeness (QED) is 0.741. The molecule has 1 N–H and O–H groups in total. The van der Waals surface area contributed by atoms with Crippen LogP contribution in [0.5, 0.6) is 11.5 Å². The highest BCUT2D eigenvalue weighted by Gasteiger charge is 2.21. The van der Waals surface area contributed by atoms with Gasteiger partial charge in [-0.15, -0.1) is 15.3 Å². The van der Waals surface area contributed by atoms with Crippen molar-refractivity contribution in [3.63, 3.8) is 0 Å². The molecule has 142 valence electrons. The number of hydrogen-bond donors (Lipinski definition) is 1. The smallest absolute Gasteiger partial charge is 0.178 e. The van der Waals surface area contributed by atoms with Gasteiger partial charge in [0, 0.05) is 43.0 Å². The molecule has 0 saturated carbocycles. The second kappa shape index (κ2) is 7.30. The van der Waals surface area contributed by atoms with Gasteiger partial charge >= 0.3 is 0 Å². The van der Waals surface area contributed by atoms with Crippen LogP contribution in [0.1, 0.15) is 18.7 Å². The molecule has 3 aromatic rings. The highest BCUT2D eigenvalue weighted by molar-refractivity contribution is 5.54. The molecule has 2 aromatic heterocycles. The molecule has 0 unspecified atom stereocenters. The largest absolute Gasteiger partial charge is 0.497 e. The molecule has 8 nitrogen and oxygen atoms in total. The molecule has 0 atom stereocenters. The third kappa shape index (κ3) is 3.60. The number of nitrogens with zero attached hydrogens (tertiary/aromatic N) is 5. The van der Waals surface area contributed by atoms with Crippen LogP contribution in [-0.2, 0) is 0 Å². The summed E-state index contributed by atoms with van der Waals surface area (Å²) in [4.78, 5) is 2.31. The predicted octanol–water partition coefficient (Wildman–Crippen LogP) is 2.53. The second-order valence-corrected chi connectivity index (χ2v) is 6.72. The normalized spacial score (nSPS) is 15.1. The van der Waals surface area contributed by atoms with Crippen LogP contribution < -0.4 is 19.7 Å². The molecule has 1 fully saturated rings. The van der Waals surface area contributed by atoms with Gasteiger partial charge in [0.05, 0.1) is 14.2 Å². The number of ether oxygens (including phenoxy) is 2. The SMILES string of the molecule is COc1cc(NC2CCN(c3ccc4nnc(C)n4n3)CC2)cc(OC)c1. The molecule has 0 spiro atoms. The molecule has 0 bridgehead atoms. The van der Waals surface area contributed by atoms with Gasteiger partial charge in [-0.05, 0) is 31.9 Å². The van der Waals surface area contributed by atoms with E-state index in [2.05, 4.69) is 25.5 Å². The molecule has 1 aliphatic heterocycles. The fraction of sp³-hybridized carbons (Fsp3) is 0.421. The van der Waals surface area contributed by atoms with Crippen LogP contribution in [0.15, 0.2) is 30.3 Å². The highest BCUT2D eigenvalue weighted by Crippen LogP contribution is 2.28. The van der Waals surface area contributed by atoms with Crippen molar-refractivity contribution >= 4 is 17.2 Å². The standard InChI is InChI=1S/C19H24N6O2/c1-13-21-22-18-4-5-19(23-25(13)18)24-8-6-14(7-9-24)20-15-10-16(26-2)12-17(11-15)27-3/h4-5,10-12,14,20H,6-9H2,1-3H3. The van der Waals surface area contributed by atoms with Gasteiger partial charge in [-0.1, -0.05) is 0 Å². The van der Waals surface area contributed by atoms with Crippen molar-refractivity contribution in [2.45, 2.75) is 25.8 Å². The average molecular weight is 368 g/mol. The first kappa shape index (κ1) is 17.4. The van der Waals surface area contributed by atoms with Crippen molar-refractivity contribution in [3.8, 4) is 11.5 Å². The molecule has 0 radical (unpaired) electrons. The lowest BCUT2D eigenvalue weighted by Gasteiger charge is -2.33. The number of piperidine rings is 1. The molecule has 3 heterocycles. The summed E-state index contributed by atoms with van der Waals surface area (Å²) in [6.07, 6.45) is 2.06. The molecular weight excluding hydrogens is 344 g/mol. The highest BCUT2D eigenvalue weighted by atomic mass is 16.5. The maximum atomic E-state index is 5.35. The van der Waals surface area contributed by atoms with E-state index in [1.54, 1.807) is 18.7 Å². The molecule has 1 saturated heterocycles. The zero-order valence-electron chi connectivity index (χ0n) is 15.8. The van der Waals surface area contributed by atoms with Crippen molar-refractivity contribution < 1.29 is 9.47 Å². The Bertz CT molecular complexity index is 911. The van der Waals surface area contributed by atoms with Crippen molar-refractivity contribution in [3.05, 3.63) is 36.2 Å². The monoisotopic (exact) mass is 368 g/mol. The maximum Gasteiger partial charge on any atom is 0.178 e. The summed E-state index contributed by atoms with van der Waals surface area (Å²) < 4.78 is 12.5. The lowest BCUT2D eigenvalue weighted by molar-refractivity contribution is 0.394. The Morgan fingerprint density at radius 1 is 1.00 bits per heavy atom. The van der Waals surface area contributed by atoms with Gasteiger partial charge in [0.2, 0.25) is 0 Å². The molecule has 27 heavy (non-hydrogen) atoms. The first-order valence-electron chi connectivity index (χ1n) is 9.10. The Morgan fingerprint density at radius 2 is 1.70 bits per heavy atom. The van der Waals surface area contributed by atoms with Gasteiger partial charge in [0.1, 0.15) is 17.3 Å². The molecule has 0 amide bonds. The van der Waals surface area contributed by atoms with Crippen LogP contribution >= 0.6 is 0 Å². The van der Waals surface area contributed by atoms with E-state index in [0.29, 0.717) is 6.04 Å². The van der Waals surface area contributed by atoms with Gasteiger partial charge in [-0.2, -0.15) is 4.52 Å². The van der Waals surface area contributed by atoms with Crippen LogP contribution in [0.25, 0.3) is 5.65 Å². The van der Waals surface area contributed by atoms with Gasteiger partial charge in [0.25, 0.3) is 0 Å². The van der Waals surface area contributed by atoms with E-state index in [0.717, 1.165) is 60.4 Å². The minimum Gasteiger partial charge on any atom is -0.497 e. The number of aryl methyl sites for hydroxylation is 1. The summed E-state index contributed by atoms with van der Waals surface area (Å²) in [5, 5.41) is 16.4. The number of benzene rings is 1. The number of nitrogens with one attached hydrogen (secondary N) is 1. The number of rotatable bonds is 5. The van der Waals surface area contributed by atoms with Crippen molar-refractivity contribution in [1.29, 1.82) is 0 Å². The lowest BCUT2D eigenvalue weighted by atomic mass is 10.0. The van der Waals surface area contributed by atoms with Crippen molar-refractivity contribution in [2.24, 2.45) is 0 Å². The molecular formula is C19H24N6O2. The Morgan fingerprint density at radius 3 is 2.37 bits per heavy atom. The minimum absolute atomic E-state index is 0.401. The van der Waals surface area contributed by atoms with Crippen LogP contribution in [-0.4, -0.2) is 53.2 Å². The van der Waals surface area contributed by atoms with Gasteiger partial charge < -0.3 is 19.7 Å². The van der Waals surface area contributed by atoms with E-state index in [-0.39, 0.29) is 0 Å². The third-order valence-corrected chi connectivity index (χ3v) is 4.95. The number of anilines is 2. The summed E-state index contributed by atoms with van der Waals surface area (Å²) >= 11 is 0. The number of fused-ring (bicyclic) bond motifs is 1. The van der Waals surface area contributed by atoms with Crippen LogP contribution in [0.2, 0.25) is 0 Å². The molecule has 1 aromatic carbocycles. The predicted molar refractivity (Wildman–Crippen MR) is 104 cm³/mol. The average Bonchev–Trinajstić information content (AvgIpc) is 3.08. The van der Waals surface area contributed by atoms with Gasteiger partial charge in [-0.25, -0.2) is 0 Å². The topological polar surface area (TPSA) is 76.8 Å². The zero-order valence-corrected chi connectivity index (χ0v) is 15.8. The van der Waals surface area contributed by atoms with Crippen molar-refractivity contribution in [2.75, 3.05) is 37.5 Å². The summed E-state index contributed by atoms with van der Waals surface area (Å²) in [5.74, 6) is 3.34. The minimum atomic E-state index is 0.401. The summed E-state index contributed by atoms with van der Waals surface area (Å²) in [6.45, 7) is 3.80. The van der Waals surface area contributed by atoms with E-state index in [1.165, 1.54) is 0 Å². The third-order valence-electron chi connectivity index (χ3n) is 4.95. The summed E-state index contributed by atoms with van der Waals surface area (Å²) in [7, 11) is 3.33. The first-order valence-corrected chi connectivity index (χ1v) is 9.10. The Labute approximate surface area is 158 Å². The fourth-order valence-electron chi connectivity index (χ4n) is 3.43. The molecule has 4 rings (SSSR count). The van der Waals surface area contributed by atoms with E-state index < -0.39 is 0 Å². The van der Waals surface area contributed by atoms with Crippen molar-refractivity contribution in [1.82, 2.24) is 19.8 Å². The summed E-state index contributed by atoms with van der Waals surface area (Å²) in [6, 6.07) is 10.3. The van der Waals surface area contributed by atoms with Gasteiger partial charge in [-0.3, -0.25) is 0 Å². The van der Waals surface area contributed by atoms with Crippen LogP contribution in [0.3, 0.4) is 0 Å². The maximum absolute atomic E-state index is 5.35. The number of aromatic nitrogens is 4. The molecule has 8 heteroatoms. The summed E-state index contributed by atoms with van der Waals surface area (Å²) in [5.41, 5.74) is 1.80. The van der Waals surface area contributed by atoms with Crippen LogP contribution in [0.4, 0.5) is 11.5 Å². The molecule has 0 aliphatic carbocycles. The van der Waals surface area contributed by atoms with Crippen LogP contribution in [0, 0.1) is 6.92 Å². The Hall–Kier alpha value is -3.03. The lowest BCUT2D eigenvalue weighted by Crippen LogP contribution is -2.39. The Balaban J connectivity index is 1.42. The number of methoxy groups -OCH3 is 2. The fourth-order valence-corrected chi connectivity index (χ4v) is 3.43. The Kier molecular flexibility index (Phi) is 4.70. The van der Waals surface area contributed by atoms with E-state index in [4.69, 9.17) is 9.47 Å².